The first-order valence-corrected chi connectivity index (χ1v) is 7.47. The Balaban J connectivity index is 2.44. The molecule has 0 saturated carbocycles. The number of allylic oxidation sites excluding steroid dienone is 1. The summed E-state index contributed by atoms with van der Waals surface area (Å²) < 4.78 is 5.12. The molecule has 0 aliphatic carbocycles. The van der Waals surface area contributed by atoms with Crippen LogP contribution in [0.3, 0.4) is 0 Å². The second kappa shape index (κ2) is 7.05. The molecule has 0 saturated heterocycles. The van der Waals surface area contributed by atoms with E-state index < -0.39 is 0 Å². The molecule has 1 unspecified atom stereocenters. The minimum Gasteiger partial charge on any atom is -0.508 e. The van der Waals surface area contributed by atoms with Crippen LogP contribution in [0.4, 0.5) is 0 Å². The molecule has 2 aromatic rings. The van der Waals surface area contributed by atoms with Gasteiger partial charge in [-0.3, -0.25) is 0 Å². The lowest BCUT2D eigenvalue weighted by molar-refractivity contribution is 0.373. The fraction of sp³-hybridized carbons (Fsp3) is 0.200. The molecular weight excluding hydrogens is 288 g/mol. The van der Waals surface area contributed by atoms with E-state index in [0.717, 1.165) is 22.3 Å². The summed E-state index contributed by atoms with van der Waals surface area (Å²) in [5, 5.41) is 19.5. The molecule has 0 bridgehead atoms. The molecule has 0 aromatic heterocycles. The molecular formula is C20H22O3. The second-order valence-electron chi connectivity index (χ2n) is 5.55. The zero-order chi connectivity index (χ0) is 17.0. The highest BCUT2D eigenvalue weighted by Crippen LogP contribution is 2.31. The Kier molecular flexibility index (Phi) is 5.12. The van der Waals surface area contributed by atoms with E-state index >= 15 is 0 Å². The van der Waals surface area contributed by atoms with E-state index in [1.54, 1.807) is 30.3 Å². The van der Waals surface area contributed by atoms with Crippen LogP contribution in [-0.2, 0) is 0 Å². The van der Waals surface area contributed by atoms with Gasteiger partial charge in [-0.2, -0.15) is 0 Å². The van der Waals surface area contributed by atoms with Gasteiger partial charge in [0.05, 0.1) is 7.11 Å². The highest BCUT2D eigenvalue weighted by Gasteiger charge is 2.11. The molecule has 2 N–H and O–H groups in total. The van der Waals surface area contributed by atoms with Crippen molar-refractivity contribution in [1.82, 2.24) is 0 Å². The van der Waals surface area contributed by atoms with Crippen LogP contribution in [0.25, 0.3) is 12.2 Å². The Morgan fingerprint density at radius 2 is 1.87 bits per heavy atom. The highest BCUT2D eigenvalue weighted by molar-refractivity contribution is 5.74. The molecule has 23 heavy (non-hydrogen) atoms. The molecule has 120 valence electrons. The lowest BCUT2D eigenvalue weighted by Gasteiger charge is -2.15. The predicted octanol–water partition coefficient (Wildman–Crippen LogP) is 4.87. The van der Waals surface area contributed by atoms with Crippen LogP contribution >= 0.6 is 0 Å². The number of ether oxygens (including phenoxy) is 1. The minimum absolute atomic E-state index is 0.110. The van der Waals surface area contributed by atoms with Crippen LogP contribution in [0.5, 0.6) is 17.2 Å². The molecule has 0 radical (unpaired) electrons. The first kappa shape index (κ1) is 16.7. The van der Waals surface area contributed by atoms with Crippen molar-refractivity contribution in [3.63, 3.8) is 0 Å². The molecule has 3 heteroatoms. The molecule has 1 atom stereocenters. The smallest absolute Gasteiger partial charge is 0.161 e. The van der Waals surface area contributed by atoms with Crippen LogP contribution in [0.1, 0.15) is 35.1 Å². The minimum atomic E-state index is 0.110. The van der Waals surface area contributed by atoms with E-state index in [-0.39, 0.29) is 17.4 Å². The molecule has 0 heterocycles. The molecule has 0 amide bonds. The van der Waals surface area contributed by atoms with Crippen LogP contribution < -0.4 is 4.74 Å². The Labute approximate surface area is 137 Å². The summed E-state index contributed by atoms with van der Waals surface area (Å²) in [6.45, 7) is 7.92. The largest absolute Gasteiger partial charge is 0.508 e. The molecule has 3 nitrogen and oxygen atoms in total. The summed E-state index contributed by atoms with van der Waals surface area (Å²) >= 11 is 0. The van der Waals surface area contributed by atoms with Crippen molar-refractivity contribution < 1.29 is 14.9 Å². The number of benzene rings is 2. The Morgan fingerprint density at radius 1 is 1.13 bits per heavy atom. The molecule has 0 fully saturated rings. The van der Waals surface area contributed by atoms with Gasteiger partial charge in [0.2, 0.25) is 0 Å². The highest BCUT2D eigenvalue weighted by atomic mass is 16.5. The average molecular weight is 310 g/mol. The van der Waals surface area contributed by atoms with Gasteiger partial charge in [0, 0.05) is 0 Å². The Morgan fingerprint density at radius 3 is 2.52 bits per heavy atom. The third kappa shape index (κ3) is 3.75. The van der Waals surface area contributed by atoms with Crippen molar-refractivity contribution in [2.24, 2.45) is 0 Å². The van der Waals surface area contributed by atoms with Crippen molar-refractivity contribution in [1.29, 1.82) is 0 Å². The maximum absolute atomic E-state index is 9.88. The zero-order valence-corrected chi connectivity index (χ0v) is 13.7. The van der Waals surface area contributed by atoms with E-state index in [0.29, 0.717) is 5.75 Å². The van der Waals surface area contributed by atoms with Gasteiger partial charge in [-0.05, 0) is 59.4 Å². The fourth-order valence-electron chi connectivity index (χ4n) is 2.67. The maximum Gasteiger partial charge on any atom is 0.161 e. The van der Waals surface area contributed by atoms with Crippen molar-refractivity contribution in [3.8, 4) is 17.2 Å². The van der Waals surface area contributed by atoms with Crippen LogP contribution in [0.2, 0.25) is 0 Å². The van der Waals surface area contributed by atoms with E-state index in [2.05, 4.69) is 13.5 Å². The molecule has 2 aromatic carbocycles. The van der Waals surface area contributed by atoms with Crippen molar-refractivity contribution in [3.05, 3.63) is 65.2 Å². The molecule has 0 aliphatic heterocycles. The lowest BCUT2D eigenvalue weighted by atomic mass is 9.90. The number of hydrogen-bond donors (Lipinski definition) is 2. The number of methoxy groups -OCH3 is 1. The third-order valence-electron chi connectivity index (χ3n) is 3.87. The van der Waals surface area contributed by atoms with Gasteiger partial charge in [-0.25, -0.2) is 0 Å². The van der Waals surface area contributed by atoms with E-state index in [4.69, 9.17) is 4.74 Å². The molecule has 2 rings (SSSR count). The van der Waals surface area contributed by atoms with Crippen molar-refractivity contribution in [2.75, 3.05) is 7.11 Å². The summed E-state index contributed by atoms with van der Waals surface area (Å²) in [4.78, 5) is 0. The summed E-state index contributed by atoms with van der Waals surface area (Å²) in [5.74, 6) is 0.966. The fourth-order valence-corrected chi connectivity index (χ4v) is 2.67. The summed E-state index contributed by atoms with van der Waals surface area (Å²) in [6, 6.07) is 8.67. The lowest BCUT2D eigenvalue weighted by Crippen LogP contribution is -1.97. The SMILES string of the molecule is C=CC(C)c1c(C)cc(O)cc1/C=C/c1ccc(O)c(OC)c1. The van der Waals surface area contributed by atoms with Gasteiger partial charge >= 0.3 is 0 Å². The summed E-state index contributed by atoms with van der Waals surface area (Å²) in [5.41, 5.74) is 4.01. The first-order valence-electron chi connectivity index (χ1n) is 7.47. The van der Waals surface area contributed by atoms with Crippen LogP contribution in [0, 0.1) is 6.92 Å². The topological polar surface area (TPSA) is 49.7 Å². The number of aryl methyl sites for hydroxylation is 1. The molecule has 0 spiro atoms. The number of aromatic hydroxyl groups is 2. The maximum atomic E-state index is 9.88. The average Bonchev–Trinajstić information content (AvgIpc) is 2.52. The van der Waals surface area contributed by atoms with Gasteiger partial charge in [0.15, 0.2) is 11.5 Å². The van der Waals surface area contributed by atoms with Crippen molar-refractivity contribution >= 4 is 12.2 Å². The number of hydrogen-bond acceptors (Lipinski definition) is 3. The standard InChI is InChI=1S/C20H22O3/c1-5-13(2)20-14(3)10-17(21)12-16(20)8-6-15-7-9-18(22)19(11-15)23-4/h5-13,21-22H,1H2,2-4H3/b8-6+. The van der Waals surface area contributed by atoms with Gasteiger partial charge in [0.1, 0.15) is 5.75 Å². The quantitative estimate of drug-likeness (QED) is 0.611. The summed E-state index contributed by atoms with van der Waals surface area (Å²) in [6.07, 6.45) is 5.77. The third-order valence-corrected chi connectivity index (χ3v) is 3.87. The Bertz CT molecular complexity index is 745. The zero-order valence-electron chi connectivity index (χ0n) is 13.7. The van der Waals surface area contributed by atoms with Gasteiger partial charge < -0.3 is 14.9 Å². The Hall–Kier alpha value is -2.68. The summed E-state index contributed by atoms with van der Waals surface area (Å²) in [7, 11) is 1.52. The van der Waals surface area contributed by atoms with Crippen LogP contribution in [0.15, 0.2) is 43.0 Å². The number of phenols is 2. The monoisotopic (exact) mass is 310 g/mol. The van der Waals surface area contributed by atoms with Gasteiger partial charge in [0.25, 0.3) is 0 Å². The van der Waals surface area contributed by atoms with Gasteiger partial charge in [-0.1, -0.05) is 31.2 Å². The van der Waals surface area contributed by atoms with E-state index in [1.165, 1.54) is 7.11 Å². The second-order valence-corrected chi connectivity index (χ2v) is 5.55. The molecule has 0 aliphatic rings. The predicted molar refractivity (Wildman–Crippen MR) is 95.0 cm³/mol. The normalized spacial score (nSPS) is 12.3. The van der Waals surface area contributed by atoms with E-state index in [1.807, 2.05) is 25.2 Å². The first-order chi connectivity index (χ1) is 11.0. The van der Waals surface area contributed by atoms with Crippen LogP contribution in [-0.4, -0.2) is 17.3 Å². The number of rotatable bonds is 5. The van der Waals surface area contributed by atoms with Gasteiger partial charge in [-0.15, -0.1) is 6.58 Å². The number of phenolic OH excluding ortho intramolecular Hbond substituents is 2. The van der Waals surface area contributed by atoms with E-state index in [9.17, 15) is 10.2 Å². The van der Waals surface area contributed by atoms with Crippen molar-refractivity contribution in [2.45, 2.75) is 19.8 Å².